The average Bonchev–Trinajstić information content (AvgIpc) is 2.67. The van der Waals surface area contributed by atoms with Gasteiger partial charge in [-0.15, -0.1) is 12.3 Å². The van der Waals surface area contributed by atoms with Crippen molar-refractivity contribution in [2.75, 3.05) is 13.7 Å². The second kappa shape index (κ2) is 6.55. The molecule has 0 saturated heterocycles. The summed E-state index contributed by atoms with van der Waals surface area (Å²) in [4.78, 5) is 12.0. The molecule has 0 spiro atoms. The van der Waals surface area contributed by atoms with Crippen molar-refractivity contribution in [2.45, 2.75) is 19.0 Å². The third kappa shape index (κ3) is 3.40. The third-order valence-corrected chi connectivity index (χ3v) is 2.79. The molecule has 0 fully saturated rings. The summed E-state index contributed by atoms with van der Waals surface area (Å²) in [5, 5.41) is 4.08. The quantitative estimate of drug-likeness (QED) is 0.624. The molecule has 1 heterocycles. The van der Waals surface area contributed by atoms with Crippen molar-refractivity contribution in [3.63, 3.8) is 0 Å². The molecule has 1 aromatic heterocycles. The van der Waals surface area contributed by atoms with Crippen molar-refractivity contribution in [1.82, 2.24) is 9.78 Å². The van der Waals surface area contributed by atoms with E-state index in [-0.39, 0.29) is 12.2 Å². The Morgan fingerprint density at radius 2 is 2.53 bits per heavy atom. The smallest absolute Gasteiger partial charge is 0.199 e. The number of terminal acetylenes is 1. The number of rotatable bonds is 6. The topological polar surface area (TPSA) is 70.1 Å². The van der Waals surface area contributed by atoms with Crippen LogP contribution in [0, 0.1) is 12.3 Å². The number of nitrogens with zero attached hydrogens (tertiary/aromatic N) is 2. The highest BCUT2D eigenvalue weighted by Gasteiger charge is 2.22. The first-order chi connectivity index (χ1) is 8.11. The summed E-state index contributed by atoms with van der Waals surface area (Å²) in [7, 11) is 1.59. The predicted octanol–water partition coefficient (Wildman–Crippen LogP) is 0.825. The van der Waals surface area contributed by atoms with E-state index in [0.29, 0.717) is 23.3 Å². The maximum Gasteiger partial charge on any atom is 0.199 e. The lowest BCUT2D eigenvalue weighted by Crippen LogP contribution is -2.32. The summed E-state index contributed by atoms with van der Waals surface area (Å²) in [6.45, 7) is 0.963. The Morgan fingerprint density at radius 3 is 3.12 bits per heavy atom. The minimum atomic E-state index is -0.700. The van der Waals surface area contributed by atoms with E-state index >= 15 is 0 Å². The van der Waals surface area contributed by atoms with E-state index in [1.807, 2.05) is 0 Å². The summed E-state index contributed by atoms with van der Waals surface area (Å²) in [5.41, 5.74) is 6.14. The summed E-state index contributed by atoms with van der Waals surface area (Å²) >= 11 is 3.28. The third-order valence-electron chi connectivity index (χ3n) is 2.21. The highest BCUT2D eigenvalue weighted by molar-refractivity contribution is 9.10. The van der Waals surface area contributed by atoms with Gasteiger partial charge in [-0.25, -0.2) is 0 Å². The summed E-state index contributed by atoms with van der Waals surface area (Å²) in [6.07, 6.45) is 6.91. The molecule has 1 unspecified atom stereocenters. The summed E-state index contributed by atoms with van der Waals surface area (Å²) in [6, 6.07) is -0.700. The number of methoxy groups -OCH3 is 1. The minimum Gasteiger partial charge on any atom is -0.383 e. The van der Waals surface area contributed by atoms with Crippen LogP contribution in [0.1, 0.15) is 16.9 Å². The maximum absolute atomic E-state index is 12.0. The average molecular weight is 300 g/mol. The Bertz CT molecular complexity index is 436. The Morgan fingerprint density at radius 1 is 1.82 bits per heavy atom. The molecule has 5 nitrogen and oxygen atoms in total. The summed E-state index contributed by atoms with van der Waals surface area (Å²) in [5.74, 6) is 2.16. The molecule has 6 heteroatoms. The minimum absolute atomic E-state index is 0.209. The fourth-order valence-electron chi connectivity index (χ4n) is 1.35. The molecule has 0 aliphatic carbocycles. The van der Waals surface area contributed by atoms with Crippen molar-refractivity contribution in [3.05, 3.63) is 16.4 Å². The monoisotopic (exact) mass is 299 g/mol. The molecule has 0 bridgehead atoms. The number of carbonyl (C=O) groups is 1. The molecule has 17 heavy (non-hydrogen) atoms. The molecule has 1 aromatic rings. The first kappa shape index (κ1) is 13.9. The number of carbonyl (C=O) groups excluding carboxylic acids is 1. The van der Waals surface area contributed by atoms with Crippen LogP contribution in [0.3, 0.4) is 0 Å². The first-order valence-electron chi connectivity index (χ1n) is 5.05. The van der Waals surface area contributed by atoms with Crippen LogP contribution in [0.4, 0.5) is 0 Å². The number of aromatic nitrogens is 2. The largest absolute Gasteiger partial charge is 0.383 e. The lowest BCUT2D eigenvalue weighted by Gasteiger charge is -2.10. The highest BCUT2D eigenvalue weighted by atomic mass is 79.9. The first-order valence-corrected chi connectivity index (χ1v) is 5.84. The molecule has 1 rings (SSSR count). The van der Waals surface area contributed by atoms with Crippen LogP contribution in [0.2, 0.25) is 0 Å². The fourth-order valence-corrected chi connectivity index (χ4v) is 1.84. The normalized spacial score (nSPS) is 12.1. The van der Waals surface area contributed by atoms with Gasteiger partial charge in [0, 0.05) is 13.5 Å². The second-order valence-electron chi connectivity index (χ2n) is 3.44. The molecule has 0 radical (unpaired) electrons. The number of Topliss-reactive ketones (excluding diaryl/α,β-unsaturated/α-hetero) is 1. The standard InChI is InChI=1S/C11H14BrN3O2/c1-3-4-9(13)11(16)10-8(12)7-14-15(10)5-6-17-2/h1,7,9H,4-6,13H2,2H3. The Kier molecular flexibility index (Phi) is 5.35. The second-order valence-corrected chi connectivity index (χ2v) is 4.29. The van der Waals surface area contributed by atoms with Gasteiger partial charge in [0.2, 0.25) is 0 Å². The van der Waals surface area contributed by atoms with Crippen LogP contribution >= 0.6 is 15.9 Å². The molecular formula is C11H14BrN3O2. The number of hydrogen-bond donors (Lipinski definition) is 1. The zero-order valence-corrected chi connectivity index (χ0v) is 11.1. The van der Waals surface area contributed by atoms with Gasteiger partial charge in [0.15, 0.2) is 5.78 Å². The van der Waals surface area contributed by atoms with Crippen molar-refractivity contribution in [1.29, 1.82) is 0 Å². The molecule has 0 aliphatic rings. The lowest BCUT2D eigenvalue weighted by molar-refractivity contribution is 0.0948. The van der Waals surface area contributed by atoms with Crippen molar-refractivity contribution in [3.8, 4) is 12.3 Å². The van der Waals surface area contributed by atoms with Crippen LogP contribution in [-0.2, 0) is 11.3 Å². The van der Waals surface area contributed by atoms with Gasteiger partial charge in [-0.3, -0.25) is 9.48 Å². The van der Waals surface area contributed by atoms with Gasteiger partial charge in [-0.1, -0.05) is 0 Å². The van der Waals surface area contributed by atoms with Crippen LogP contribution in [0.15, 0.2) is 10.7 Å². The lowest BCUT2D eigenvalue weighted by atomic mass is 10.1. The van der Waals surface area contributed by atoms with E-state index < -0.39 is 6.04 Å². The van der Waals surface area contributed by atoms with Crippen LogP contribution in [0.25, 0.3) is 0 Å². The van der Waals surface area contributed by atoms with Crippen molar-refractivity contribution in [2.24, 2.45) is 5.73 Å². The van der Waals surface area contributed by atoms with E-state index in [9.17, 15) is 4.79 Å². The Hall–Kier alpha value is -1.16. The van der Waals surface area contributed by atoms with E-state index in [1.54, 1.807) is 18.0 Å². The number of ketones is 1. The number of nitrogens with two attached hydrogens (primary N) is 1. The molecule has 0 amide bonds. The van der Waals surface area contributed by atoms with Gasteiger partial charge < -0.3 is 10.5 Å². The van der Waals surface area contributed by atoms with Crippen LogP contribution in [-0.4, -0.2) is 35.3 Å². The molecule has 0 aliphatic heterocycles. The van der Waals surface area contributed by atoms with Gasteiger partial charge in [0.25, 0.3) is 0 Å². The summed E-state index contributed by atoms with van der Waals surface area (Å²) < 4.78 is 7.13. The maximum atomic E-state index is 12.0. The van der Waals surface area contributed by atoms with E-state index in [2.05, 4.69) is 26.9 Å². The Labute approximate surface area is 108 Å². The number of ether oxygens (including phenoxy) is 1. The number of hydrogen-bond acceptors (Lipinski definition) is 4. The molecule has 2 N–H and O–H groups in total. The zero-order chi connectivity index (χ0) is 12.8. The molecule has 1 atom stereocenters. The van der Waals surface area contributed by atoms with Gasteiger partial charge in [0.05, 0.1) is 29.9 Å². The van der Waals surface area contributed by atoms with Gasteiger partial charge in [-0.2, -0.15) is 5.10 Å². The van der Waals surface area contributed by atoms with Gasteiger partial charge >= 0.3 is 0 Å². The number of halogens is 1. The van der Waals surface area contributed by atoms with Gasteiger partial charge in [-0.05, 0) is 15.9 Å². The predicted molar refractivity (Wildman–Crippen MR) is 67.6 cm³/mol. The zero-order valence-electron chi connectivity index (χ0n) is 9.52. The molecule has 0 saturated carbocycles. The van der Waals surface area contributed by atoms with E-state index in [4.69, 9.17) is 16.9 Å². The van der Waals surface area contributed by atoms with Crippen LogP contribution < -0.4 is 5.73 Å². The SMILES string of the molecule is C#CCC(N)C(=O)c1c(Br)cnn1CCOC. The van der Waals surface area contributed by atoms with E-state index in [1.165, 1.54) is 0 Å². The Balaban J connectivity index is 2.92. The van der Waals surface area contributed by atoms with E-state index in [0.717, 1.165) is 0 Å². The molecular weight excluding hydrogens is 286 g/mol. The van der Waals surface area contributed by atoms with Crippen molar-refractivity contribution < 1.29 is 9.53 Å². The highest BCUT2D eigenvalue weighted by Crippen LogP contribution is 2.18. The van der Waals surface area contributed by atoms with Crippen molar-refractivity contribution >= 4 is 21.7 Å². The fraction of sp³-hybridized carbons (Fsp3) is 0.455. The molecule has 0 aromatic carbocycles. The van der Waals surface area contributed by atoms with Crippen LogP contribution in [0.5, 0.6) is 0 Å². The molecule has 92 valence electrons. The van der Waals surface area contributed by atoms with Gasteiger partial charge in [0.1, 0.15) is 5.69 Å².